The maximum absolute atomic E-state index is 11.0. The molecule has 0 radical (unpaired) electrons. The van der Waals surface area contributed by atoms with E-state index in [2.05, 4.69) is 33.0 Å². The number of carboxylic acids is 1. The Morgan fingerprint density at radius 1 is 1.28 bits per heavy atom. The highest BCUT2D eigenvalue weighted by atomic mass is 32.2. The Kier molecular flexibility index (Phi) is 7.30. The number of hydrogen-bond acceptors (Lipinski definition) is 3. The van der Waals surface area contributed by atoms with Crippen LogP contribution in [0.2, 0.25) is 0 Å². The average Bonchev–Trinajstić information content (AvgIpc) is 2.27. The standard InChI is InChI=1S/C12H23NO2S.C2H6/c1-11(2)5-6-13-9(10(14)15)7-16-12(3,4)8-11;1-2/h9,13H,5-8H2,1-4H3,(H,14,15);1-2H3. The van der Waals surface area contributed by atoms with Crippen molar-refractivity contribution in [3.05, 3.63) is 0 Å². The van der Waals surface area contributed by atoms with Gasteiger partial charge in [0.1, 0.15) is 6.04 Å². The molecule has 0 spiro atoms. The maximum atomic E-state index is 11.0. The molecule has 1 unspecified atom stereocenters. The van der Waals surface area contributed by atoms with Gasteiger partial charge in [0.2, 0.25) is 0 Å². The van der Waals surface area contributed by atoms with Gasteiger partial charge in [-0.2, -0.15) is 11.8 Å². The molecule has 4 heteroatoms. The van der Waals surface area contributed by atoms with Crippen molar-refractivity contribution in [2.75, 3.05) is 12.3 Å². The molecule has 1 saturated heterocycles. The Morgan fingerprint density at radius 3 is 2.33 bits per heavy atom. The summed E-state index contributed by atoms with van der Waals surface area (Å²) in [5, 5.41) is 12.2. The van der Waals surface area contributed by atoms with Gasteiger partial charge in [0.05, 0.1) is 0 Å². The predicted molar refractivity (Wildman–Crippen MR) is 80.3 cm³/mol. The van der Waals surface area contributed by atoms with Crippen LogP contribution in [0.3, 0.4) is 0 Å². The molecule has 1 aliphatic rings. The highest BCUT2D eigenvalue weighted by Gasteiger charge is 2.32. The fraction of sp³-hybridized carbons (Fsp3) is 0.929. The highest BCUT2D eigenvalue weighted by molar-refractivity contribution is 8.00. The van der Waals surface area contributed by atoms with Crippen molar-refractivity contribution >= 4 is 17.7 Å². The lowest BCUT2D eigenvalue weighted by atomic mass is 9.81. The van der Waals surface area contributed by atoms with Gasteiger partial charge >= 0.3 is 5.97 Å². The molecule has 0 aromatic rings. The van der Waals surface area contributed by atoms with E-state index in [9.17, 15) is 4.79 Å². The lowest BCUT2D eigenvalue weighted by Gasteiger charge is -2.33. The number of hydrogen-bond donors (Lipinski definition) is 2. The summed E-state index contributed by atoms with van der Waals surface area (Å²) < 4.78 is 0.156. The van der Waals surface area contributed by atoms with E-state index in [0.717, 1.165) is 19.4 Å². The van der Waals surface area contributed by atoms with Crippen molar-refractivity contribution in [3.8, 4) is 0 Å². The van der Waals surface area contributed by atoms with Gasteiger partial charge in [-0.05, 0) is 24.8 Å². The summed E-state index contributed by atoms with van der Waals surface area (Å²) in [5.41, 5.74) is 0.275. The van der Waals surface area contributed by atoms with Crippen molar-refractivity contribution in [2.45, 2.75) is 65.2 Å². The molecule has 1 atom stereocenters. The van der Waals surface area contributed by atoms with E-state index in [0.29, 0.717) is 5.75 Å². The smallest absolute Gasteiger partial charge is 0.321 e. The molecule has 0 aromatic heterocycles. The number of rotatable bonds is 1. The summed E-state index contributed by atoms with van der Waals surface area (Å²) in [6.45, 7) is 13.7. The Morgan fingerprint density at radius 2 is 1.83 bits per heavy atom. The average molecular weight is 275 g/mol. The van der Waals surface area contributed by atoms with Crippen molar-refractivity contribution in [3.63, 3.8) is 0 Å². The zero-order valence-corrected chi connectivity index (χ0v) is 13.5. The van der Waals surface area contributed by atoms with Crippen LogP contribution in [-0.2, 0) is 4.79 Å². The zero-order chi connectivity index (χ0) is 14.4. The van der Waals surface area contributed by atoms with E-state index < -0.39 is 12.0 Å². The van der Waals surface area contributed by atoms with Crippen LogP contribution in [0.5, 0.6) is 0 Å². The van der Waals surface area contributed by atoms with Gasteiger partial charge in [-0.1, -0.05) is 41.5 Å². The molecular formula is C14H29NO2S. The molecule has 3 nitrogen and oxygen atoms in total. The molecule has 0 aliphatic carbocycles. The summed E-state index contributed by atoms with van der Waals surface area (Å²) in [7, 11) is 0. The molecule has 1 heterocycles. The summed E-state index contributed by atoms with van der Waals surface area (Å²) >= 11 is 1.76. The van der Waals surface area contributed by atoms with E-state index in [1.165, 1.54) is 0 Å². The number of thioether (sulfide) groups is 1. The van der Waals surface area contributed by atoms with Crippen molar-refractivity contribution < 1.29 is 9.90 Å². The highest BCUT2D eigenvalue weighted by Crippen LogP contribution is 2.39. The van der Waals surface area contributed by atoms with E-state index in [1.807, 2.05) is 13.8 Å². The Hall–Kier alpha value is -0.220. The Labute approximate surface area is 116 Å². The molecule has 1 fully saturated rings. The van der Waals surface area contributed by atoms with Crippen LogP contribution in [-0.4, -0.2) is 34.2 Å². The van der Waals surface area contributed by atoms with Crippen LogP contribution >= 0.6 is 11.8 Å². The first-order valence-electron chi connectivity index (χ1n) is 6.82. The third-order valence-electron chi connectivity index (χ3n) is 3.04. The third-order valence-corrected chi connectivity index (χ3v) is 4.46. The van der Waals surface area contributed by atoms with Gasteiger partial charge in [0.15, 0.2) is 0 Å². The maximum Gasteiger partial charge on any atom is 0.321 e. The van der Waals surface area contributed by atoms with Crippen LogP contribution in [0.1, 0.15) is 54.4 Å². The van der Waals surface area contributed by atoms with Gasteiger partial charge in [-0.3, -0.25) is 4.79 Å². The molecular weight excluding hydrogens is 246 g/mol. The van der Waals surface area contributed by atoms with Crippen molar-refractivity contribution in [1.29, 1.82) is 0 Å². The second kappa shape index (κ2) is 7.39. The molecule has 18 heavy (non-hydrogen) atoms. The second-order valence-corrected chi connectivity index (χ2v) is 7.73. The molecule has 0 bridgehead atoms. The minimum Gasteiger partial charge on any atom is -0.480 e. The first kappa shape index (κ1) is 17.8. The van der Waals surface area contributed by atoms with Gasteiger partial charge in [-0.15, -0.1) is 0 Å². The van der Waals surface area contributed by atoms with E-state index in [1.54, 1.807) is 11.8 Å². The lowest BCUT2D eigenvalue weighted by Crippen LogP contribution is -2.39. The summed E-state index contributed by atoms with van der Waals surface area (Å²) in [5.74, 6) is -0.0821. The number of carbonyl (C=O) groups is 1. The monoisotopic (exact) mass is 275 g/mol. The SMILES string of the molecule is CC.CC1(C)CCNC(C(=O)O)CSC(C)(C)C1. The van der Waals surface area contributed by atoms with E-state index >= 15 is 0 Å². The molecule has 0 saturated carbocycles. The van der Waals surface area contributed by atoms with Gasteiger partial charge in [0, 0.05) is 10.5 Å². The largest absolute Gasteiger partial charge is 0.480 e. The molecule has 1 rings (SSSR count). The van der Waals surface area contributed by atoms with Gasteiger partial charge in [0.25, 0.3) is 0 Å². The number of nitrogens with one attached hydrogen (secondary N) is 1. The molecule has 108 valence electrons. The fourth-order valence-electron chi connectivity index (χ4n) is 2.40. The number of aliphatic carboxylic acids is 1. The normalized spacial score (nSPS) is 26.9. The van der Waals surface area contributed by atoms with Crippen molar-refractivity contribution in [1.82, 2.24) is 5.32 Å². The van der Waals surface area contributed by atoms with Gasteiger partial charge < -0.3 is 10.4 Å². The molecule has 1 aliphatic heterocycles. The first-order chi connectivity index (χ1) is 8.22. The van der Waals surface area contributed by atoms with Crippen LogP contribution < -0.4 is 5.32 Å². The van der Waals surface area contributed by atoms with Gasteiger partial charge in [-0.25, -0.2) is 0 Å². The Balaban J connectivity index is 0.00000137. The second-order valence-electron chi connectivity index (χ2n) is 6.01. The summed E-state index contributed by atoms with van der Waals surface area (Å²) in [6, 6.07) is -0.404. The first-order valence-corrected chi connectivity index (χ1v) is 7.81. The van der Waals surface area contributed by atoms with Crippen LogP contribution in [0.4, 0.5) is 0 Å². The van der Waals surface area contributed by atoms with Crippen molar-refractivity contribution in [2.24, 2.45) is 5.41 Å². The fourth-order valence-corrected chi connectivity index (χ4v) is 3.77. The van der Waals surface area contributed by atoms with Crippen LogP contribution in [0, 0.1) is 5.41 Å². The lowest BCUT2D eigenvalue weighted by molar-refractivity contribution is -0.138. The topological polar surface area (TPSA) is 49.3 Å². The van der Waals surface area contributed by atoms with E-state index in [-0.39, 0.29) is 10.2 Å². The predicted octanol–water partition coefficient (Wildman–Crippen LogP) is 3.39. The minimum atomic E-state index is -0.733. The van der Waals surface area contributed by atoms with E-state index in [4.69, 9.17) is 5.11 Å². The summed E-state index contributed by atoms with van der Waals surface area (Å²) in [6.07, 6.45) is 2.15. The molecule has 0 aromatic carbocycles. The number of carboxylic acid groups (broad SMARTS) is 1. The third kappa shape index (κ3) is 6.64. The quantitative estimate of drug-likeness (QED) is 0.770. The molecule has 2 N–H and O–H groups in total. The summed E-state index contributed by atoms with van der Waals surface area (Å²) in [4.78, 5) is 11.0. The molecule has 0 amide bonds. The van der Waals surface area contributed by atoms with Crippen LogP contribution in [0.15, 0.2) is 0 Å². The van der Waals surface area contributed by atoms with Crippen LogP contribution in [0.25, 0.3) is 0 Å². The zero-order valence-electron chi connectivity index (χ0n) is 12.7. The minimum absolute atomic E-state index is 0.156. The Bertz CT molecular complexity index is 265.